The molecule has 2 aromatic carbocycles. The van der Waals surface area contributed by atoms with E-state index in [1.54, 1.807) is 4.90 Å². The summed E-state index contributed by atoms with van der Waals surface area (Å²) in [6, 6.07) is 16.0. The first kappa shape index (κ1) is 28.0. The molecule has 0 bridgehead atoms. The third-order valence-electron chi connectivity index (χ3n) is 6.17. The van der Waals surface area contributed by atoms with Gasteiger partial charge in [-0.3, -0.25) is 9.59 Å². The van der Waals surface area contributed by atoms with E-state index in [0.29, 0.717) is 23.8 Å². The molecule has 0 radical (unpaired) electrons. The molecule has 200 valence electrons. The molecule has 0 unspecified atom stereocenters. The Morgan fingerprint density at radius 2 is 1.76 bits per heavy atom. The van der Waals surface area contributed by atoms with Crippen molar-refractivity contribution in [3.63, 3.8) is 0 Å². The van der Waals surface area contributed by atoms with Gasteiger partial charge in [0.15, 0.2) is 0 Å². The van der Waals surface area contributed by atoms with Gasteiger partial charge in [-0.05, 0) is 30.4 Å². The number of para-hydroxylation sites is 1. The summed E-state index contributed by atoms with van der Waals surface area (Å²) in [5.41, 5.74) is 1.55. The number of carbonyl (C=O) groups is 3. The third-order valence-corrected chi connectivity index (χ3v) is 6.17. The second-order valence-corrected chi connectivity index (χ2v) is 9.74. The van der Waals surface area contributed by atoms with Gasteiger partial charge in [0, 0.05) is 25.1 Å². The van der Waals surface area contributed by atoms with E-state index < -0.39 is 12.1 Å². The number of carbonyl (C=O) groups excluding carboxylic acids is 3. The molecule has 0 spiro atoms. The van der Waals surface area contributed by atoms with Gasteiger partial charge in [0.1, 0.15) is 24.5 Å². The molecule has 3 amide bonds. The zero-order valence-electron chi connectivity index (χ0n) is 22.1. The van der Waals surface area contributed by atoms with Crippen LogP contribution in [0.3, 0.4) is 0 Å². The maximum Gasteiger partial charge on any atom is 0.407 e. The molecule has 2 N–H and O–H groups in total. The van der Waals surface area contributed by atoms with Crippen molar-refractivity contribution in [2.75, 3.05) is 19.6 Å². The van der Waals surface area contributed by atoms with Crippen molar-refractivity contribution in [1.82, 2.24) is 15.5 Å². The number of rotatable bonds is 11. The number of ether oxygens (including phenoxy) is 2. The van der Waals surface area contributed by atoms with Crippen LogP contribution in [0.5, 0.6) is 5.75 Å². The van der Waals surface area contributed by atoms with Crippen LogP contribution in [0.4, 0.5) is 4.79 Å². The van der Waals surface area contributed by atoms with Gasteiger partial charge in [0.05, 0.1) is 6.54 Å². The highest BCUT2D eigenvalue weighted by molar-refractivity contribution is 5.89. The molecule has 8 nitrogen and oxygen atoms in total. The van der Waals surface area contributed by atoms with E-state index in [-0.39, 0.29) is 44.0 Å². The fourth-order valence-electron chi connectivity index (χ4n) is 4.37. The molecule has 0 aliphatic carbocycles. The van der Waals surface area contributed by atoms with Gasteiger partial charge >= 0.3 is 6.09 Å². The zero-order valence-corrected chi connectivity index (χ0v) is 22.1. The van der Waals surface area contributed by atoms with Crippen molar-refractivity contribution in [2.45, 2.75) is 65.2 Å². The average Bonchev–Trinajstić information content (AvgIpc) is 3.04. The van der Waals surface area contributed by atoms with Gasteiger partial charge < -0.3 is 25.0 Å². The lowest BCUT2D eigenvalue weighted by Crippen LogP contribution is -2.47. The van der Waals surface area contributed by atoms with Gasteiger partial charge in [0.2, 0.25) is 11.8 Å². The molecule has 1 heterocycles. The first-order valence-corrected chi connectivity index (χ1v) is 13.2. The summed E-state index contributed by atoms with van der Waals surface area (Å²) in [5, 5.41) is 5.64. The van der Waals surface area contributed by atoms with Crippen molar-refractivity contribution in [1.29, 1.82) is 0 Å². The van der Waals surface area contributed by atoms with Crippen molar-refractivity contribution < 1.29 is 23.9 Å². The van der Waals surface area contributed by atoms with E-state index in [0.717, 1.165) is 24.8 Å². The van der Waals surface area contributed by atoms with Crippen LogP contribution in [0.2, 0.25) is 0 Å². The van der Waals surface area contributed by atoms with E-state index in [4.69, 9.17) is 9.47 Å². The SMILES string of the molecule is CCCCNC(=O)[C@H]1c2ccccc2O[C@@H](CC(C)C)CN1C(=O)CCNC(=O)OCc1ccccc1. The summed E-state index contributed by atoms with van der Waals surface area (Å²) in [6.07, 6.45) is 1.75. The van der Waals surface area contributed by atoms with Crippen LogP contribution in [-0.4, -0.2) is 48.5 Å². The highest BCUT2D eigenvalue weighted by Crippen LogP contribution is 2.35. The Balaban J connectivity index is 1.71. The molecule has 2 aromatic rings. The van der Waals surface area contributed by atoms with Crippen LogP contribution in [0, 0.1) is 5.92 Å². The summed E-state index contributed by atoms with van der Waals surface area (Å²) in [5.74, 6) is 0.526. The van der Waals surface area contributed by atoms with Gasteiger partial charge in [-0.25, -0.2) is 4.79 Å². The Kier molecular flexibility index (Phi) is 10.8. The molecule has 1 aliphatic rings. The van der Waals surface area contributed by atoms with Crippen molar-refractivity contribution in [3.05, 3.63) is 65.7 Å². The lowest BCUT2D eigenvalue weighted by molar-refractivity contribution is -0.141. The minimum Gasteiger partial charge on any atom is -0.488 e. The monoisotopic (exact) mass is 509 g/mol. The summed E-state index contributed by atoms with van der Waals surface area (Å²) in [7, 11) is 0. The topological polar surface area (TPSA) is 97.0 Å². The number of alkyl carbamates (subject to hydrolysis) is 1. The fourth-order valence-corrected chi connectivity index (χ4v) is 4.37. The lowest BCUT2D eigenvalue weighted by Gasteiger charge is -2.31. The average molecular weight is 510 g/mol. The minimum atomic E-state index is -0.803. The second-order valence-electron chi connectivity index (χ2n) is 9.74. The predicted molar refractivity (Wildman–Crippen MR) is 142 cm³/mol. The Labute approximate surface area is 219 Å². The van der Waals surface area contributed by atoms with Crippen LogP contribution in [-0.2, 0) is 20.9 Å². The van der Waals surface area contributed by atoms with Gasteiger partial charge in [-0.15, -0.1) is 0 Å². The second kappa shape index (κ2) is 14.3. The number of amides is 3. The molecule has 0 fully saturated rings. The number of hydrogen-bond acceptors (Lipinski definition) is 5. The van der Waals surface area contributed by atoms with Gasteiger partial charge in [0.25, 0.3) is 0 Å². The maximum absolute atomic E-state index is 13.5. The fraction of sp³-hybridized carbons (Fsp3) is 0.483. The number of unbranched alkanes of at least 4 members (excludes halogenated alkanes) is 1. The van der Waals surface area contributed by atoms with E-state index in [9.17, 15) is 14.4 Å². The van der Waals surface area contributed by atoms with Crippen molar-refractivity contribution in [3.8, 4) is 5.75 Å². The number of nitrogens with zero attached hydrogens (tertiary/aromatic N) is 1. The normalized spacial score (nSPS) is 16.8. The highest BCUT2D eigenvalue weighted by atomic mass is 16.5. The van der Waals surface area contributed by atoms with Gasteiger partial charge in [-0.2, -0.15) is 0 Å². The summed E-state index contributed by atoms with van der Waals surface area (Å²) in [4.78, 5) is 40.6. The molecule has 0 saturated carbocycles. The Morgan fingerprint density at radius 3 is 2.49 bits per heavy atom. The smallest absolute Gasteiger partial charge is 0.407 e. The van der Waals surface area contributed by atoms with Crippen LogP contribution in [0.1, 0.15) is 63.6 Å². The van der Waals surface area contributed by atoms with E-state index >= 15 is 0 Å². The van der Waals surface area contributed by atoms with E-state index in [1.807, 2.05) is 54.6 Å². The van der Waals surface area contributed by atoms with Gasteiger partial charge in [-0.1, -0.05) is 75.7 Å². The molecule has 3 rings (SSSR count). The Hall–Kier alpha value is -3.55. The summed E-state index contributed by atoms with van der Waals surface area (Å²) < 4.78 is 11.5. The summed E-state index contributed by atoms with van der Waals surface area (Å²) in [6.45, 7) is 7.35. The number of hydrogen-bond donors (Lipinski definition) is 2. The molecule has 1 aliphatic heterocycles. The van der Waals surface area contributed by atoms with Crippen LogP contribution < -0.4 is 15.4 Å². The first-order valence-electron chi connectivity index (χ1n) is 13.2. The minimum absolute atomic E-state index is 0.0374. The Bertz CT molecular complexity index is 1030. The third kappa shape index (κ3) is 8.51. The Morgan fingerprint density at radius 1 is 1.03 bits per heavy atom. The lowest BCUT2D eigenvalue weighted by atomic mass is 10.0. The van der Waals surface area contributed by atoms with Crippen molar-refractivity contribution >= 4 is 17.9 Å². The maximum atomic E-state index is 13.5. The first-order chi connectivity index (χ1) is 17.9. The predicted octanol–water partition coefficient (Wildman–Crippen LogP) is 4.60. The highest BCUT2D eigenvalue weighted by Gasteiger charge is 2.38. The number of nitrogens with one attached hydrogen (secondary N) is 2. The molecule has 8 heteroatoms. The molecule has 0 aromatic heterocycles. The molecular formula is C29H39N3O5. The van der Waals surface area contributed by atoms with Crippen LogP contribution >= 0.6 is 0 Å². The van der Waals surface area contributed by atoms with E-state index in [2.05, 4.69) is 31.4 Å². The summed E-state index contributed by atoms with van der Waals surface area (Å²) >= 11 is 0. The molecule has 2 atom stereocenters. The number of benzene rings is 2. The quantitative estimate of drug-likeness (QED) is 0.432. The zero-order chi connectivity index (χ0) is 26.6. The largest absolute Gasteiger partial charge is 0.488 e. The van der Waals surface area contributed by atoms with Crippen molar-refractivity contribution in [2.24, 2.45) is 5.92 Å². The van der Waals surface area contributed by atoms with Crippen LogP contribution in [0.25, 0.3) is 0 Å². The van der Waals surface area contributed by atoms with Crippen LogP contribution in [0.15, 0.2) is 54.6 Å². The standard InChI is InChI=1S/C29H39N3O5/c1-4-5-16-30-28(34)27-24-13-9-10-14-25(24)37-23(18-21(2)3)19-32(27)26(33)15-17-31-29(35)36-20-22-11-7-6-8-12-22/h6-14,21,23,27H,4-5,15-20H2,1-3H3,(H,30,34)(H,31,35)/t23-,27+/m0/s1. The number of fused-ring (bicyclic) bond motifs is 1. The molecule has 0 saturated heterocycles. The van der Waals surface area contributed by atoms with E-state index in [1.165, 1.54) is 0 Å². The molecule has 37 heavy (non-hydrogen) atoms. The molecular weight excluding hydrogens is 470 g/mol.